The van der Waals surface area contributed by atoms with Crippen LogP contribution in [0.5, 0.6) is 5.75 Å². The zero-order chi connectivity index (χ0) is 23.1. The number of nitrogens with zero attached hydrogens (tertiary/aromatic N) is 1. The largest absolute Gasteiger partial charge is 0.492 e. The van der Waals surface area contributed by atoms with Crippen LogP contribution in [0.2, 0.25) is 0 Å². The first-order chi connectivity index (χ1) is 15.2. The van der Waals surface area contributed by atoms with Crippen LogP contribution in [-0.4, -0.2) is 33.7 Å². The molecule has 0 unspecified atom stereocenters. The topological polar surface area (TPSA) is 75.7 Å². The average Bonchev–Trinajstić information content (AvgIpc) is 2.77. The molecule has 3 aromatic carbocycles. The van der Waals surface area contributed by atoms with Crippen LogP contribution in [0.15, 0.2) is 72.8 Å². The Hall–Kier alpha value is -3.46. The van der Waals surface area contributed by atoms with Gasteiger partial charge in [0, 0.05) is 5.56 Å². The number of benzene rings is 3. The fraction of sp³-hybridized carbons (Fsp3) is 0.174. The second kappa shape index (κ2) is 10.2. The van der Waals surface area contributed by atoms with Gasteiger partial charge in [-0.25, -0.2) is 17.2 Å². The van der Waals surface area contributed by atoms with Crippen LogP contribution in [0.1, 0.15) is 15.9 Å². The number of ether oxygens (including phenoxy) is 1. The van der Waals surface area contributed by atoms with Gasteiger partial charge in [-0.15, -0.1) is 0 Å². The average molecular weight is 461 g/mol. The number of carbonyl (C=O) groups is 1. The zero-order valence-corrected chi connectivity index (χ0v) is 18.1. The van der Waals surface area contributed by atoms with Gasteiger partial charge in [-0.2, -0.15) is 0 Å². The summed E-state index contributed by atoms with van der Waals surface area (Å²) in [7, 11) is -3.61. The Bertz CT molecular complexity index is 1150. The van der Waals surface area contributed by atoms with E-state index in [1.54, 1.807) is 0 Å². The lowest BCUT2D eigenvalue weighted by Crippen LogP contribution is -2.30. The molecular formula is C23H22F2N2O4S. The van der Waals surface area contributed by atoms with Gasteiger partial charge in [-0.1, -0.05) is 12.1 Å². The summed E-state index contributed by atoms with van der Waals surface area (Å²) in [6.07, 6.45) is 1.08. The standard InChI is InChI=1S/C23H22F2N2O4S/c1-32(29,30)27(16-17-2-6-19(24)7-3-17)21-10-4-18(5-11-21)23(28)26-14-15-31-22-12-8-20(25)9-13-22/h2-13H,14-16H2,1H3,(H,26,28). The number of sulfonamides is 1. The van der Waals surface area contributed by atoms with Crippen LogP contribution < -0.4 is 14.4 Å². The summed E-state index contributed by atoms with van der Waals surface area (Å²) in [4.78, 5) is 12.3. The third-order valence-electron chi connectivity index (χ3n) is 4.53. The van der Waals surface area contributed by atoms with E-state index in [-0.39, 0.29) is 31.4 Å². The zero-order valence-electron chi connectivity index (χ0n) is 17.3. The minimum absolute atomic E-state index is 0.0331. The fourth-order valence-corrected chi connectivity index (χ4v) is 3.79. The Morgan fingerprint density at radius 3 is 2.03 bits per heavy atom. The van der Waals surface area contributed by atoms with Crippen molar-refractivity contribution in [2.24, 2.45) is 0 Å². The molecule has 0 bridgehead atoms. The highest BCUT2D eigenvalue weighted by Crippen LogP contribution is 2.21. The molecule has 0 aliphatic rings. The van der Waals surface area contributed by atoms with Gasteiger partial charge in [0.2, 0.25) is 10.0 Å². The molecule has 1 amide bonds. The number of rotatable bonds is 9. The molecule has 0 heterocycles. The summed E-state index contributed by atoms with van der Waals surface area (Å²) >= 11 is 0. The molecule has 0 radical (unpaired) electrons. The van der Waals surface area contributed by atoms with Crippen LogP contribution in [0, 0.1) is 11.6 Å². The lowest BCUT2D eigenvalue weighted by molar-refractivity contribution is 0.0947. The fourth-order valence-electron chi connectivity index (χ4n) is 2.90. The number of halogens is 2. The Balaban J connectivity index is 1.59. The molecule has 9 heteroatoms. The summed E-state index contributed by atoms with van der Waals surface area (Å²) in [5.74, 6) is -0.616. The van der Waals surface area contributed by atoms with Crippen LogP contribution >= 0.6 is 0 Å². The molecule has 3 aromatic rings. The van der Waals surface area contributed by atoms with E-state index in [9.17, 15) is 22.0 Å². The van der Waals surface area contributed by atoms with Gasteiger partial charge in [-0.3, -0.25) is 9.10 Å². The predicted molar refractivity (Wildman–Crippen MR) is 118 cm³/mol. The van der Waals surface area contributed by atoms with E-state index in [1.807, 2.05) is 0 Å². The van der Waals surface area contributed by atoms with E-state index in [4.69, 9.17) is 4.74 Å². The maximum Gasteiger partial charge on any atom is 0.251 e. The van der Waals surface area contributed by atoms with Crippen molar-refractivity contribution in [3.8, 4) is 5.75 Å². The highest BCUT2D eigenvalue weighted by Gasteiger charge is 2.18. The second-order valence-corrected chi connectivity index (χ2v) is 8.91. The number of amides is 1. The Kier molecular flexibility index (Phi) is 7.42. The first kappa shape index (κ1) is 23.2. The van der Waals surface area contributed by atoms with Gasteiger partial charge >= 0.3 is 0 Å². The third kappa shape index (κ3) is 6.52. The molecule has 0 aliphatic carbocycles. The molecule has 32 heavy (non-hydrogen) atoms. The van der Waals surface area contributed by atoms with Gasteiger partial charge in [0.1, 0.15) is 24.0 Å². The first-order valence-corrected chi connectivity index (χ1v) is 11.6. The molecular weight excluding hydrogens is 438 g/mol. The van der Waals surface area contributed by atoms with E-state index >= 15 is 0 Å². The molecule has 6 nitrogen and oxygen atoms in total. The lowest BCUT2D eigenvalue weighted by atomic mass is 10.1. The quantitative estimate of drug-likeness (QED) is 0.494. The van der Waals surface area contributed by atoms with Gasteiger partial charge in [0.05, 0.1) is 25.0 Å². The highest BCUT2D eigenvalue weighted by atomic mass is 32.2. The lowest BCUT2D eigenvalue weighted by Gasteiger charge is -2.22. The normalized spacial score (nSPS) is 11.1. The van der Waals surface area contributed by atoms with Crippen molar-refractivity contribution >= 4 is 21.6 Å². The molecule has 0 aliphatic heterocycles. The van der Waals surface area contributed by atoms with Crippen molar-refractivity contribution < 1.29 is 26.7 Å². The van der Waals surface area contributed by atoms with Crippen LogP contribution in [0.3, 0.4) is 0 Å². The maximum atomic E-state index is 13.1. The second-order valence-electron chi connectivity index (χ2n) is 7.00. The van der Waals surface area contributed by atoms with Gasteiger partial charge in [0.15, 0.2) is 0 Å². The van der Waals surface area contributed by atoms with E-state index < -0.39 is 15.8 Å². The highest BCUT2D eigenvalue weighted by molar-refractivity contribution is 7.92. The van der Waals surface area contributed by atoms with Crippen LogP contribution in [0.4, 0.5) is 14.5 Å². The van der Waals surface area contributed by atoms with E-state index in [2.05, 4.69) is 5.32 Å². The minimum atomic E-state index is -3.61. The first-order valence-electron chi connectivity index (χ1n) is 9.71. The summed E-state index contributed by atoms with van der Waals surface area (Å²) in [5.41, 5.74) is 1.36. The number of hydrogen-bond acceptors (Lipinski definition) is 4. The number of nitrogens with one attached hydrogen (secondary N) is 1. The van der Waals surface area contributed by atoms with Crippen molar-refractivity contribution in [3.63, 3.8) is 0 Å². The summed E-state index contributed by atoms with van der Waals surface area (Å²) in [6.45, 7) is 0.471. The van der Waals surface area contributed by atoms with Crippen molar-refractivity contribution in [3.05, 3.63) is 95.6 Å². The van der Waals surface area contributed by atoms with Gasteiger partial charge in [0.25, 0.3) is 5.91 Å². The summed E-state index contributed by atoms with van der Waals surface area (Å²) in [5, 5.41) is 2.70. The monoisotopic (exact) mass is 460 g/mol. The van der Waals surface area contributed by atoms with E-state index in [0.29, 0.717) is 22.6 Å². The molecule has 3 rings (SSSR count). The molecule has 0 spiro atoms. The van der Waals surface area contributed by atoms with Crippen molar-refractivity contribution in [2.75, 3.05) is 23.7 Å². The third-order valence-corrected chi connectivity index (χ3v) is 5.67. The smallest absolute Gasteiger partial charge is 0.251 e. The van der Waals surface area contributed by atoms with Crippen molar-refractivity contribution in [1.29, 1.82) is 0 Å². The Morgan fingerprint density at radius 1 is 0.906 bits per heavy atom. The van der Waals surface area contributed by atoms with Gasteiger partial charge < -0.3 is 10.1 Å². The molecule has 0 saturated carbocycles. The maximum absolute atomic E-state index is 13.1. The SMILES string of the molecule is CS(=O)(=O)N(Cc1ccc(F)cc1)c1ccc(C(=O)NCCOc2ccc(F)cc2)cc1. The van der Waals surface area contributed by atoms with Gasteiger partial charge in [-0.05, 0) is 66.2 Å². The van der Waals surface area contributed by atoms with E-state index in [0.717, 1.165) is 6.26 Å². The Morgan fingerprint density at radius 2 is 1.47 bits per heavy atom. The molecule has 168 valence electrons. The van der Waals surface area contributed by atoms with Crippen molar-refractivity contribution in [1.82, 2.24) is 5.32 Å². The number of anilines is 1. The Labute approximate surface area is 185 Å². The summed E-state index contributed by atoms with van der Waals surface area (Å²) in [6, 6.07) is 17.2. The summed E-state index contributed by atoms with van der Waals surface area (Å²) < 4.78 is 57.1. The van der Waals surface area contributed by atoms with Crippen molar-refractivity contribution in [2.45, 2.75) is 6.54 Å². The van der Waals surface area contributed by atoms with Crippen LogP contribution in [0.25, 0.3) is 0 Å². The molecule has 0 saturated heterocycles. The van der Waals surface area contributed by atoms with E-state index in [1.165, 1.54) is 77.1 Å². The van der Waals surface area contributed by atoms with Crippen LogP contribution in [-0.2, 0) is 16.6 Å². The molecule has 1 N–H and O–H groups in total. The molecule has 0 aromatic heterocycles. The predicted octanol–water partition coefficient (Wildman–Crippen LogP) is 3.74. The number of carbonyl (C=O) groups excluding carboxylic acids is 1. The molecule has 0 atom stereocenters. The molecule has 0 fully saturated rings. The number of hydrogen-bond donors (Lipinski definition) is 1. The minimum Gasteiger partial charge on any atom is -0.492 e.